The van der Waals surface area contributed by atoms with Gasteiger partial charge >= 0.3 is 6.03 Å². The molecule has 6 rings (SSSR count). The second kappa shape index (κ2) is 7.95. The highest BCUT2D eigenvalue weighted by atomic mass is 32.1. The van der Waals surface area contributed by atoms with Gasteiger partial charge in [-0.15, -0.1) is 11.3 Å². The van der Waals surface area contributed by atoms with E-state index in [1.165, 1.54) is 16.3 Å². The zero-order valence-electron chi connectivity index (χ0n) is 18.3. The first-order valence-corrected chi connectivity index (χ1v) is 12.1. The van der Waals surface area contributed by atoms with Crippen molar-refractivity contribution in [3.63, 3.8) is 0 Å². The van der Waals surface area contributed by atoms with Crippen molar-refractivity contribution in [3.8, 4) is 0 Å². The van der Waals surface area contributed by atoms with Crippen molar-refractivity contribution in [2.75, 3.05) is 6.54 Å². The van der Waals surface area contributed by atoms with Gasteiger partial charge in [-0.3, -0.25) is 14.5 Å². The van der Waals surface area contributed by atoms with Crippen LogP contribution >= 0.6 is 11.3 Å². The number of carbonyl (C=O) groups excluding carboxylic acids is 3. The summed E-state index contributed by atoms with van der Waals surface area (Å²) in [5, 5.41) is 10.8. The lowest BCUT2D eigenvalue weighted by Gasteiger charge is -2.33. The molecule has 34 heavy (non-hydrogen) atoms. The molecule has 4 heterocycles. The summed E-state index contributed by atoms with van der Waals surface area (Å²) in [7, 11) is 0. The van der Waals surface area contributed by atoms with Gasteiger partial charge in [0.2, 0.25) is 0 Å². The zero-order valence-corrected chi connectivity index (χ0v) is 19.1. The van der Waals surface area contributed by atoms with Crippen LogP contribution in [0.5, 0.6) is 0 Å². The SMILES string of the molecule is O=C1NC2(CCCc3ccccc32)C(=O)N1CC(=O)N1N=C(c2ccco2)CC1c1cccs1. The Kier molecular flexibility index (Phi) is 4.88. The van der Waals surface area contributed by atoms with Crippen LogP contribution in [0.3, 0.4) is 0 Å². The van der Waals surface area contributed by atoms with Crippen LogP contribution in [0.25, 0.3) is 0 Å². The highest BCUT2D eigenvalue weighted by molar-refractivity contribution is 7.10. The maximum absolute atomic E-state index is 13.6. The van der Waals surface area contributed by atoms with Crippen molar-refractivity contribution in [1.29, 1.82) is 0 Å². The van der Waals surface area contributed by atoms with E-state index in [1.807, 2.05) is 41.8 Å². The van der Waals surface area contributed by atoms with Gasteiger partial charge in [-0.1, -0.05) is 30.3 Å². The van der Waals surface area contributed by atoms with Crippen LogP contribution in [-0.4, -0.2) is 40.0 Å². The number of hydrogen-bond donors (Lipinski definition) is 1. The van der Waals surface area contributed by atoms with Crippen LogP contribution in [0.1, 0.15) is 47.1 Å². The Balaban J connectivity index is 1.29. The minimum atomic E-state index is -1.10. The van der Waals surface area contributed by atoms with Gasteiger partial charge in [0.1, 0.15) is 23.6 Å². The van der Waals surface area contributed by atoms with E-state index in [2.05, 4.69) is 10.4 Å². The Morgan fingerprint density at radius 3 is 2.85 bits per heavy atom. The van der Waals surface area contributed by atoms with E-state index in [-0.39, 0.29) is 18.5 Å². The number of carbonyl (C=O) groups is 3. The Morgan fingerprint density at radius 2 is 2.06 bits per heavy atom. The molecule has 0 radical (unpaired) electrons. The quantitative estimate of drug-likeness (QED) is 0.582. The number of benzene rings is 1. The van der Waals surface area contributed by atoms with E-state index >= 15 is 0 Å². The highest BCUT2D eigenvalue weighted by Crippen LogP contribution is 2.40. The van der Waals surface area contributed by atoms with Crippen LogP contribution in [0.15, 0.2) is 69.7 Å². The first kappa shape index (κ1) is 20.9. The van der Waals surface area contributed by atoms with Gasteiger partial charge in [0.05, 0.1) is 12.3 Å². The molecule has 1 saturated heterocycles. The molecule has 1 fully saturated rings. The van der Waals surface area contributed by atoms with Crippen molar-refractivity contribution < 1.29 is 18.8 Å². The summed E-state index contributed by atoms with van der Waals surface area (Å²) in [4.78, 5) is 42.0. The summed E-state index contributed by atoms with van der Waals surface area (Å²) >= 11 is 1.54. The normalized spacial score (nSPS) is 23.9. The monoisotopic (exact) mass is 474 g/mol. The molecule has 1 aliphatic carbocycles. The predicted molar refractivity (Wildman–Crippen MR) is 125 cm³/mol. The number of amides is 4. The van der Waals surface area contributed by atoms with Crippen LogP contribution in [0.4, 0.5) is 4.79 Å². The molecule has 0 bridgehead atoms. The lowest BCUT2D eigenvalue weighted by molar-refractivity contribution is -0.140. The minimum Gasteiger partial charge on any atom is -0.463 e. The van der Waals surface area contributed by atoms with Gasteiger partial charge < -0.3 is 9.73 Å². The van der Waals surface area contributed by atoms with Crippen LogP contribution in [-0.2, 0) is 21.5 Å². The molecule has 172 valence electrons. The minimum absolute atomic E-state index is 0.308. The molecule has 3 aliphatic rings. The first-order chi connectivity index (χ1) is 16.6. The molecule has 2 aliphatic heterocycles. The van der Waals surface area contributed by atoms with Crippen molar-refractivity contribution in [2.24, 2.45) is 5.10 Å². The van der Waals surface area contributed by atoms with Crippen LogP contribution in [0, 0.1) is 0 Å². The third-order valence-electron chi connectivity index (χ3n) is 6.79. The molecule has 4 amide bonds. The van der Waals surface area contributed by atoms with E-state index in [0.29, 0.717) is 24.3 Å². The Morgan fingerprint density at radius 1 is 1.18 bits per heavy atom. The standard InChI is InChI=1S/C25H22N4O4S/c30-22(29-19(21-10-5-13-34-21)14-18(27-29)20-9-4-12-33-20)15-28-23(31)25(26-24(28)32)11-3-7-16-6-1-2-8-17(16)25/h1-2,4-6,8-10,12-13,19H,3,7,11,14-15H2,(H,26,32). The van der Waals surface area contributed by atoms with E-state index in [4.69, 9.17) is 4.42 Å². The Bertz CT molecular complexity index is 1300. The average Bonchev–Trinajstić information content (AvgIpc) is 3.64. The summed E-state index contributed by atoms with van der Waals surface area (Å²) in [6.07, 6.45) is 4.23. The summed E-state index contributed by atoms with van der Waals surface area (Å²) in [6.45, 7) is -0.370. The maximum Gasteiger partial charge on any atom is 0.325 e. The zero-order chi connectivity index (χ0) is 23.3. The molecule has 3 aromatic rings. The number of hydrogen-bond acceptors (Lipinski definition) is 6. The molecule has 1 spiro atoms. The van der Waals surface area contributed by atoms with Gasteiger partial charge in [-0.2, -0.15) is 5.10 Å². The summed E-state index contributed by atoms with van der Waals surface area (Å²) < 4.78 is 5.49. The average molecular weight is 475 g/mol. The molecule has 8 nitrogen and oxygen atoms in total. The third-order valence-corrected chi connectivity index (χ3v) is 7.76. The lowest BCUT2D eigenvalue weighted by atomic mass is 9.76. The smallest absolute Gasteiger partial charge is 0.325 e. The van der Waals surface area contributed by atoms with E-state index in [9.17, 15) is 14.4 Å². The fourth-order valence-corrected chi connectivity index (χ4v) is 6.01. The second-order valence-corrected chi connectivity index (χ2v) is 9.71. The number of fused-ring (bicyclic) bond motifs is 2. The fourth-order valence-electron chi connectivity index (χ4n) is 5.20. The van der Waals surface area contributed by atoms with Crippen molar-refractivity contribution in [1.82, 2.24) is 15.2 Å². The topological polar surface area (TPSA) is 95.2 Å². The summed E-state index contributed by atoms with van der Waals surface area (Å²) in [5.41, 5.74) is 1.44. The summed E-state index contributed by atoms with van der Waals surface area (Å²) in [5.74, 6) is -0.186. The number of aryl methyl sites for hydroxylation is 1. The molecular formula is C25H22N4O4S. The Labute approximate surface area is 199 Å². The lowest BCUT2D eigenvalue weighted by Crippen LogP contribution is -2.47. The summed E-state index contributed by atoms with van der Waals surface area (Å²) in [6, 6.07) is 14.3. The van der Waals surface area contributed by atoms with Gasteiger partial charge in [-0.25, -0.2) is 9.80 Å². The molecule has 2 unspecified atom stereocenters. The van der Waals surface area contributed by atoms with Crippen molar-refractivity contribution >= 4 is 34.9 Å². The highest BCUT2D eigenvalue weighted by Gasteiger charge is 2.54. The molecule has 2 atom stereocenters. The molecule has 1 aromatic carbocycles. The molecule has 9 heteroatoms. The van der Waals surface area contributed by atoms with Gasteiger partial charge in [0.25, 0.3) is 11.8 Å². The Hall–Kier alpha value is -3.72. The molecule has 2 aromatic heterocycles. The number of thiophene rings is 1. The van der Waals surface area contributed by atoms with E-state index < -0.39 is 17.5 Å². The van der Waals surface area contributed by atoms with E-state index in [0.717, 1.165) is 33.7 Å². The van der Waals surface area contributed by atoms with Crippen molar-refractivity contribution in [3.05, 3.63) is 81.9 Å². The molecular weight excluding hydrogens is 452 g/mol. The number of nitrogens with one attached hydrogen (secondary N) is 1. The number of urea groups is 1. The van der Waals surface area contributed by atoms with Gasteiger partial charge in [0.15, 0.2) is 0 Å². The number of nitrogens with zero attached hydrogens (tertiary/aromatic N) is 3. The van der Waals surface area contributed by atoms with Gasteiger partial charge in [0, 0.05) is 11.3 Å². The predicted octanol–water partition coefficient (Wildman–Crippen LogP) is 3.80. The first-order valence-electron chi connectivity index (χ1n) is 11.3. The number of imide groups is 1. The van der Waals surface area contributed by atoms with Crippen LogP contribution in [0.2, 0.25) is 0 Å². The van der Waals surface area contributed by atoms with Gasteiger partial charge in [-0.05, 0) is 54.0 Å². The van der Waals surface area contributed by atoms with Crippen molar-refractivity contribution in [2.45, 2.75) is 37.3 Å². The van der Waals surface area contributed by atoms with E-state index in [1.54, 1.807) is 18.4 Å². The molecule has 0 saturated carbocycles. The fraction of sp³-hybridized carbons (Fsp3) is 0.280. The largest absolute Gasteiger partial charge is 0.463 e. The molecule has 1 N–H and O–H groups in total. The van der Waals surface area contributed by atoms with Crippen LogP contribution < -0.4 is 5.32 Å². The number of hydrazone groups is 1. The number of furan rings is 1. The maximum atomic E-state index is 13.6. The second-order valence-electron chi connectivity index (χ2n) is 8.74. The number of rotatable bonds is 4. The third kappa shape index (κ3) is 3.19.